The molecule has 0 aliphatic heterocycles. The molecule has 2 amide bonds. The smallest absolute Gasteiger partial charge is 0.315 e. The van der Waals surface area contributed by atoms with Crippen molar-refractivity contribution in [2.24, 2.45) is 7.05 Å². The molecule has 0 aromatic carbocycles. The number of carbonyl (C=O) groups excluding carboxylic acids is 1. The molecule has 128 valence electrons. The quantitative estimate of drug-likeness (QED) is 0.897. The summed E-state index contributed by atoms with van der Waals surface area (Å²) in [5, 5.41) is 10.3. The third-order valence-electron chi connectivity index (χ3n) is 4.40. The molecule has 2 aromatic rings. The molecule has 0 radical (unpaired) electrons. The summed E-state index contributed by atoms with van der Waals surface area (Å²) in [4.78, 5) is 18.5. The number of urea groups is 1. The van der Waals surface area contributed by atoms with E-state index in [-0.39, 0.29) is 12.1 Å². The standard InChI is InChI=1S/C17H24N6O/c1-22(2)16-8-7-12(9-18-16)10-19-17(24)21-14-5-4-6-15-13(14)11-20-23(15)3/h7-9,11,14H,4-6,10H2,1-3H3,(H2,19,21,24)/t14-/m1/s1. The number of amides is 2. The number of nitrogens with one attached hydrogen (secondary N) is 2. The molecule has 7 nitrogen and oxygen atoms in total. The lowest BCUT2D eigenvalue weighted by molar-refractivity contribution is 0.235. The minimum absolute atomic E-state index is 0.0386. The highest BCUT2D eigenvalue weighted by Crippen LogP contribution is 2.28. The highest BCUT2D eigenvalue weighted by Gasteiger charge is 2.24. The Balaban J connectivity index is 1.55. The maximum atomic E-state index is 12.2. The molecule has 0 bridgehead atoms. The van der Waals surface area contributed by atoms with Gasteiger partial charge in [0.25, 0.3) is 0 Å². The summed E-state index contributed by atoms with van der Waals surface area (Å²) in [6.45, 7) is 0.457. The Hall–Kier alpha value is -2.57. The van der Waals surface area contributed by atoms with Crippen LogP contribution in [0.15, 0.2) is 24.5 Å². The van der Waals surface area contributed by atoms with Crippen LogP contribution < -0.4 is 15.5 Å². The van der Waals surface area contributed by atoms with Gasteiger partial charge in [-0.1, -0.05) is 6.07 Å². The molecular weight excluding hydrogens is 304 g/mol. The largest absolute Gasteiger partial charge is 0.363 e. The summed E-state index contributed by atoms with van der Waals surface area (Å²) in [7, 11) is 5.85. The van der Waals surface area contributed by atoms with Crippen molar-refractivity contribution in [3.05, 3.63) is 41.3 Å². The van der Waals surface area contributed by atoms with Crippen molar-refractivity contribution < 1.29 is 4.79 Å². The van der Waals surface area contributed by atoms with Gasteiger partial charge in [0.15, 0.2) is 0 Å². The van der Waals surface area contributed by atoms with Crippen LogP contribution in [0.3, 0.4) is 0 Å². The van der Waals surface area contributed by atoms with E-state index in [1.165, 1.54) is 5.69 Å². The van der Waals surface area contributed by atoms with Crippen LogP contribution in [0.1, 0.15) is 35.7 Å². The molecule has 0 fully saturated rings. The van der Waals surface area contributed by atoms with Gasteiger partial charge < -0.3 is 15.5 Å². The van der Waals surface area contributed by atoms with Crippen LogP contribution in [0.25, 0.3) is 0 Å². The summed E-state index contributed by atoms with van der Waals surface area (Å²) in [5.74, 6) is 0.898. The van der Waals surface area contributed by atoms with Crippen molar-refractivity contribution in [1.82, 2.24) is 25.4 Å². The number of fused-ring (bicyclic) bond motifs is 1. The number of hydrogen-bond acceptors (Lipinski definition) is 4. The highest BCUT2D eigenvalue weighted by atomic mass is 16.2. The second-order valence-corrected chi connectivity index (χ2v) is 6.36. The Labute approximate surface area is 142 Å². The van der Waals surface area contributed by atoms with E-state index in [0.29, 0.717) is 6.54 Å². The Morgan fingerprint density at radius 1 is 1.38 bits per heavy atom. The summed E-state index contributed by atoms with van der Waals surface area (Å²) in [6.07, 6.45) is 6.69. The lowest BCUT2D eigenvalue weighted by Gasteiger charge is -2.24. The van der Waals surface area contributed by atoms with Gasteiger partial charge in [0.1, 0.15) is 5.82 Å². The number of pyridine rings is 1. The summed E-state index contributed by atoms with van der Waals surface area (Å²) < 4.78 is 1.90. The Morgan fingerprint density at radius 2 is 2.21 bits per heavy atom. The van der Waals surface area contributed by atoms with Gasteiger partial charge in [-0.25, -0.2) is 9.78 Å². The third kappa shape index (κ3) is 3.50. The molecule has 1 aliphatic carbocycles. The first-order valence-corrected chi connectivity index (χ1v) is 8.22. The fourth-order valence-corrected chi connectivity index (χ4v) is 3.03. The zero-order valence-electron chi connectivity index (χ0n) is 14.4. The van der Waals surface area contributed by atoms with E-state index >= 15 is 0 Å². The number of rotatable bonds is 4. The molecular formula is C17H24N6O. The number of aryl methyl sites for hydroxylation is 1. The maximum Gasteiger partial charge on any atom is 0.315 e. The predicted molar refractivity (Wildman–Crippen MR) is 92.8 cm³/mol. The zero-order valence-corrected chi connectivity index (χ0v) is 14.4. The van der Waals surface area contributed by atoms with Crippen molar-refractivity contribution >= 4 is 11.8 Å². The van der Waals surface area contributed by atoms with Crippen molar-refractivity contribution in [2.45, 2.75) is 31.8 Å². The van der Waals surface area contributed by atoms with Gasteiger partial charge in [-0.3, -0.25) is 4.68 Å². The van der Waals surface area contributed by atoms with Gasteiger partial charge in [-0.2, -0.15) is 5.10 Å². The fourth-order valence-electron chi connectivity index (χ4n) is 3.03. The molecule has 1 atom stereocenters. The second-order valence-electron chi connectivity index (χ2n) is 6.36. The highest BCUT2D eigenvalue weighted by molar-refractivity contribution is 5.74. The molecule has 24 heavy (non-hydrogen) atoms. The lowest BCUT2D eigenvalue weighted by atomic mass is 9.93. The van der Waals surface area contributed by atoms with E-state index in [0.717, 1.165) is 36.2 Å². The maximum absolute atomic E-state index is 12.2. The molecule has 3 rings (SSSR count). The fraction of sp³-hybridized carbons (Fsp3) is 0.471. The minimum atomic E-state index is -0.159. The van der Waals surface area contributed by atoms with Gasteiger partial charge in [0.2, 0.25) is 0 Å². The van der Waals surface area contributed by atoms with Gasteiger partial charge in [-0.05, 0) is 30.9 Å². The zero-order chi connectivity index (χ0) is 17.1. The molecule has 2 heterocycles. The van der Waals surface area contributed by atoms with Gasteiger partial charge >= 0.3 is 6.03 Å². The van der Waals surface area contributed by atoms with E-state index in [1.807, 2.05) is 49.1 Å². The van der Waals surface area contributed by atoms with Crippen molar-refractivity contribution in [3.8, 4) is 0 Å². The lowest BCUT2D eigenvalue weighted by Crippen LogP contribution is -2.38. The number of carbonyl (C=O) groups is 1. The molecule has 0 saturated heterocycles. The molecule has 0 saturated carbocycles. The van der Waals surface area contributed by atoms with Crippen LogP contribution in [0.2, 0.25) is 0 Å². The number of anilines is 1. The van der Waals surface area contributed by atoms with Gasteiger partial charge in [0, 0.05) is 45.1 Å². The van der Waals surface area contributed by atoms with Crippen LogP contribution in [0, 0.1) is 0 Å². The summed E-state index contributed by atoms with van der Waals surface area (Å²) in [6, 6.07) is 3.80. The molecule has 0 spiro atoms. The summed E-state index contributed by atoms with van der Waals surface area (Å²) >= 11 is 0. The monoisotopic (exact) mass is 328 g/mol. The van der Waals surface area contributed by atoms with E-state index in [4.69, 9.17) is 0 Å². The van der Waals surface area contributed by atoms with Gasteiger partial charge in [0.05, 0.1) is 12.2 Å². The van der Waals surface area contributed by atoms with Crippen LogP contribution in [-0.2, 0) is 20.0 Å². The number of nitrogens with zero attached hydrogens (tertiary/aromatic N) is 4. The first-order valence-electron chi connectivity index (χ1n) is 8.22. The van der Waals surface area contributed by atoms with Crippen LogP contribution in [-0.4, -0.2) is 34.9 Å². The molecule has 2 aromatic heterocycles. The Bertz CT molecular complexity index is 706. The summed E-state index contributed by atoms with van der Waals surface area (Å²) in [5.41, 5.74) is 3.33. The molecule has 0 unspecified atom stereocenters. The SMILES string of the molecule is CN(C)c1ccc(CNC(=O)N[C@@H]2CCCc3c2cnn3C)cn1. The van der Waals surface area contributed by atoms with Crippen LogP contribution in [0.4, 0.5) is 10.6 Å². The van der Waals surface area contributed by atoms with Crippen LogP contribution >= 0.6 is 0 Å². The average Bonchev–Trinajstić information content (AvgIpc) is 2.96. The van der Waals surface area contributed by atoms with Crippen molar-refractivity contribution in [3.63, 3.8) is 0 Å². The van der Waals surface area contributed by atoms with Crippen molar-refractivity contribution in [2.75, 3.05) is 19.0 Å². The molecule has 7 heteroatoms. The predicted octanol–water partition coefficient (Wildman–Crippen LogP) is 1.76. The average molecular weight is 328 g/mol. The normalized spacial score (nSPS) is 16.4. The molecule has 1 aliphatic rings. The first-order chi connectivity index (χ1) is 11.5. The first kappa shape index (κ1) is 16.3. The van der Waals surface area contributed by atoms with Crippen molar-refractivity contribution in [1.29, 1.82) is 0 Å². The third-order valence-corrected chi connectivity index (χ3v) is 4.40. The van der Waals surface area contributed by atoms with Crippen LogP contribution in [0.5, 0.6) is 0 Å². The Morgan fingerprint density at radius 3 is 2.92 bits per heavy atom. The van der Waals surface area contributed by atoms with E-state index in [9.17, 15) is 4.79 Å². The topological polar surface area (TPSA) is 75.1 Å². The minimum Gasteiger partial charge on any atom is -0.363 e. The number of aromatic nitrogens is 3. The van der Waals surface area contributed by atoms with E-state index in [1.54, 1.807) is 6.20 Å². The van der Waals surface area contributed by atoms with E-state index in [2.05, 4.69) is 20.7 Å². The number of hydrogen-bond donors (Lipinski definition) is 2. The molecule has 2 N–H and O–H groups in total. The second kappa shape index (κ2) is 6.90. The van der Waals surface area contributed by atoms with E-state index < -0.39 is 0 Å². The van der Waals surface area contributed by atoms with Gasteiger partial charge in [-0.15, -0.1) is 0 Å². The Kier molecular flexibility index (Phi) is 4.69.